The highest BCUT2D eigenvalue weighted by atomic mass is 32.2. The van der Waals surface area contributed by atoms with Crippen molar-refractivity contribution < 1.29 is 31.1 Å². The third-order valence-electron chi connectivity index (χ3n) is 5.49. The SMILES string of the molecule is CC(C)(C)OC(=O)N1CCN(C(F)(F)F)CC1c1ccccc1CNNS(=O)(=O)Cc1ccccc1. The second kappa shape index (κ2) is 11.2. The van der Waals surface area contributed by atoms with Gasteiger partial charge in [-0.25, -0.2) is 23.5 Å². The van der Waals surface area contributed by atoms with Gasteiger partial charge in [-0.15, -0.1) is 0 Å². The number of sulfonamides is 1. The first kappa shape index (κ1) is 27.9. The number of rotatable bonds is 7. The summed E-state index contributed by atoms with van der Waals surface area (Å²) in [6.07, 6.45) is -5.26. The van der Waals surface area contributed by atoms with E-state index in [1.807, 2.05) is 0 Å². The second-order valence-electron chi connectivity index (χ2n) is 9.50. The van der Waals surface area contributed by atoms with E-state index in [0.29, 0.717) is 21.6 Å². The maximum Gasteiger partial charge on any atom is 0.460 e. The van der Waals surface area contributed by atoms with Crippen molar-refractivity contribution in [3.8, 4) is 0 Å². The number of benzene rings is 2. The smallest absolute Gasteiger partial charge is 0.444 e. The first-order valence-electron chi connectivity index (χ1n) is 11.4. The molecule has 2 aromatic carbocycles. The number of carbonyl (C=O) groups excluding carboxylic acids is 1. The molecule has 1 unspecified atom stereocenters. The molecule has 12 heteroatoms. The summed E-state index contributed by atoms with van der Waals surface area (Å²) in [7, 11) is -3.72. The fourth-order valence-electron chi connectivity index (χ4n) is 3.91. The number of amides is 1. The third-order valence-corrected chi connectivity index (χ3v) is 6.66. The molecule has 1 saturated heterocycles. The highest BCUT2D eigenvalue weighted by Gasteiger charge is 2.44. The summed E-state index contributed by atoms with van der Waals surface area (Å²) in [5, 5.41) is 0. The number of nitrogens with one attached hydrogen (secondary N) is 2. The Morgan fingerprint density at radius 2 is 1.67 bits per heavy atom. The Labute approximate surface area is 209 Å². The molecule has 1 aliphatic rings. The molecular formula is C24H31F3N4O4S. The summed E-state index contributed by atoms with van der Waals surface area (Å²) >= 11 is 0. The number of piperazine rings is 1. The zero-order valence-electron chi connectivity index (χ0n) is 20.4. The van der Waals surface area contributed by atoms with Crippen molar-refractivity contribution in [3.63, 3.8) is 0 Å². The van der Waals surface area contributed by atoms with Crippen molar-refractivity contribution in [1.82, 2.24) is 20.1 Å². The molecule has 3 rings (SSSR count). The molecule has 0 spiro atoms. The average molecular weight is 529 g/mol. The summed E-state index contributed by atoms with van der Waals surface area (Å²) < 4.78 is 70.9. The first-order valence-corrected chi connectivity index (χ1v) is 13.1. The Balaban J connectivity index is 1.79. The third kappa shape index (κ3) is 7.92. The number of ether oxygens (including phenoxy) is 1. The molecule has 1 aliphatic heterocycles. The standard InChI is InChI=1S/C24H31F3N4O4S/c1-23(2,3)35-22(32)31-14-13-30(24(25,26)27)16-21(31)20-12-8-7-11-19(20)15-28-29-36(33,34)17-18-9-5-4-6-10-18/h4-12,21,28-29H,13-17H2,1-3H3. The van der Waals surface area contributed by atoms with E-state index in [4.69, 9.17) is 4.74 Å². The number of carbonyl (C=O) groups is 1. The summed E-state index contributed by atoms with van der Waals surface area (Å²) in [5.74, 6) is -0.238. The molecular weight excluding hydrogens is 497 g/mol. The van der Waals surface area contributed by atoms with Gasteiger partial charge in [-0.05, 0) is 37.5 Å². The van der Waals surface area contributed by atoms with E-state index in [1.54, 1.807) is 75.4 Å². The van der Waals surface area contributed by atoms with E-state index < -0.39 is 40.6 Å². The average Bonchev–Trinajstić information content (AvgIpc) is 2.77. The maximum atomic E-state index is 13.5. The lowest BCUT2D eigenvalue weighted by Gasteiger charge is -2.42. The van der Waals surface area contributed by atoms with E-state index in [2.05, 4.69) is 10.3 Å². The number of hydrogen-bond acceptors (Lipinski definition) is 6. The monoisotopic (exact) mass is 528 g/mol. The van der Waals surface area contributed by atoms with Gasteiger partial charge < -0.3 is 4.74 Å². The zero-order valence-corrected chi connectivity index (χ0v) is 21.2. The van der Waals surface area contributed by atoms with E-state index in [-0.39, 0.29) is 25.4 Å². The Morgan fingerprint density at radius 1 is 1.03 bits per heavy atom. The molecule has 1 amide bonds. The van der Waals surface area contributed by atoms with Crippen LogP contribution in [0.15, 0.2) is 54.6 Å². The highest BCUT2D eigenvalue weighted by Crippen LogP contribution is 2.34. The van der Waals surface area contributed by atoms with Crippen LogP contribution in [0.5, 0.6) is 0 Å². The van der Waals surface area contributed by atoms with Gasteiger partial charge in [-0.1, -0.05) is 54.6 Å². The van der Waals surface area contributed by atoms with Crippen LogP contribution in [-0.4, -0.2) is 55.8 Å². The number of halogens is 3. The van der Waals surface area contributed by atoms with Crippen LogP contribution in [-0.2, 0) is 27.1 Å². The molecule has 1 heterocycles. The van der Waals surface area contributed by atoms with Crippen LogP contribution < -0.4 is 10.3 Å². The molecule has 0 saturated carbocycles. The van der Waals surface area contributed by atoms with Gasteiger partial charge in [0, 0.05) is 26.2 Å². The van der Waals surface area contributed by atoms with Gasteiger partial charge in [0.2, 0.25) is 10.0 Å². The number of hydrazine groups is 1. The molecule has 1 fully saturated rings. The highest BCUT2D eigenvalue weighted by molar-refractivity contribution is 7.88. The molecule has 8 nitrogen and oxygen atoms in total. The van der Waals surface area contributed by atoms with E-state index >= 15 is 0 Å². The second-order valence-corrected chi connectivity index (χ2v) is 11.2. The summed E-state index contributed by atoms with van der Waals surface area (Å²) in [5.41, 5.74) is 3.45. The van der Waals surface area contributed by atoms with Crippen molar-refractivity contribution in [2.24, 2.45) is 0 Å². The van der Waals surface area contributed by atoms with E-state index in [9.17, 15) is 26.4 Å². The van der Waals surface area contributed by atoms with Gasteiger partial charge in [0.05, 0.1) is 11.8 Å². The molecule has 0 bridgehead atoms. The normalized spacial score (nSPS) is 17.7. The first-order chi connectivity index (χ1) is 16.8. The number of nitrogens with zero attached hydrogens (tertiary/aromatic N) is 2. The summed E-state index contributed by atoms with van der Waals surface area (Å²) in [6, 6.07) is 14.4. The van der Waals surface area contributed by atoms with Gasteiger partial charge in [-0.2, -0.15) is 18.0 Å². The molecule has 36 heavy (non-hydrogen) atoms. The van der Waals surface area contributed by atoms with Crippen molar-refractivity contribution >= 4 is 16.1 Å². The van der Waals surface area contributed by atoms with Gasteiger partial charge in [-0.3, -0.25) is 4.90 Å². The summed E-state index contributed by atoms with van der Waals surface area (Å²) in [6.45, 7) is 4.03. The lowest BCUT2D eigenvalue weighted by molar-refractivity contribution is -0.256. The number of alkyl halides is 3. The Morgan fingerprint density at radius 3 is 2.31 bits per heavy atom. The zero-order chi connectivity index (χ0) is 26.6. The van der Waals surface area contributed by atoms with Crippen LogP contribution in [0, 0.1) is 0 Å². The van der Waals surface area contributed by atoms with Crippen LogP contribution in [0.1, 0.15) is 43.5 Å². The topological polar surface area (TPSA) is 91.0 Å². The van der Waals surface area contributed by atoms with E-state index in [1.165, 1.54) is 4.90 Å². The largest absolute Gasteiger partial charge is 0.460 e. The van der Waals surface area contributed by atoms with Crippen LogP contribution in [0.3, 0.4) is 0 Å². The lowest BCUT2D eigenvalue weighted by Crippen LogP contribution is -2.55. The molecule has 0 aromatic heterocycles. The van der Waals surface area contributed by atoms with Crippen LogP contribution in [0.4, 0.5) is 18.0 Å². The fourth-order valence-corrected chi connectivity index (χ4v) is 4.91. The quantitative estimate of drug-likeness (QED) is 0.418. The molecule has 1 atom stereocenters. The molecule has 0 aliphatic carbocycles. The predicted molar refractivity (Wildman–Crippen MR) is 129 cm³/mol. The maximum absolute atomic E-state index is 13.5. The van der Waals surface area contributed by atoms with E-state index in [0.717, 1.165) is 0 Å². The Hall–Kier alpha value is -2.67. The number of hydrogen-bond donors (Lipinski definition) is 2. The van der Waals surface area contributed by atoms with Crippen molar-refractivity contribution in [1.29, 1.82) is 0 Å². The van der Waals surface area contributed by atoms with Crippen molar-refractivity contribution in [3.05, 3.63) is 71.3 Å². The minimum absolute atomic E-state index is 0.00509. The van der Waals surface area contributed by atoms with Crippen LogP contribution in [0.2, 0.25) is 0 Å². The fraction of sp³-hybridized carbons (Fsp3) is 0.458. The Kier molecular flexibility index (Phi) is 8.65. The molecule has 2 N–H and O–H groups in total. The summed E-state index contributed by atoms with van der Waals surface area (Å²) in [4.78, 5) is 16.9. The molecule has 2 aromatic rings. The minimum atomic E-state index is -4.56. The minimum Gasteiger partial charge on any atom is -0.444 e. The van der Waals surface area contributed by atoms with Crippen LogP contribution in [0.25, 0.3) is 0 Å². The van der Waals surface area contributed by atoms with Gasteiger partial charge in [0.1, 0.15) is 5.60 Å². The van der Waals surface area contributed by atoms with Gasteiger partial charge in [0.15, 0.2) is 0 Å². The predicted octanol–water partition coefficient (Wildman–Crippen LogP) is 3.92. The van der Waals surface area contributed by atoms with Crippen molar-refractivity contribution in [2.45, 2.75) is 51.0 Å². The van der Waals surface area contributed by atoms with Gasteiger partial charge in [0.25, 0.3) is 0 Å². The van der Waals surface area contributed by atoms with Gasteiger partial charge >= 0.3 is 12.4 Å². The van der Waals surface area contributed by atoms with Crippen molar-refractivity contribution in [2.75, 3.05) is 19.6 Å². The lowest BCUT2D eigenvalue weighted by atomic mass is 9.97. The molecule has 198 valence electrons. The molecule has 0 radical (unpaired) electrons. The Bertz CT molecular complexity index is 1140. The van der Waals surface area contributed by atoms with Crippen LogP contribution >= 0.6 is 0 Å².